The lowest BCUT2D eigenvalue weighted by Crippen LogP contribution is -2.40. The summed E-state index contributed by atoms with van der Waals surface area (Å²) in [5.41, 5.74) is 0.447. The van der Waals surface area contributed by atoms with Gasteiger partial charge in [0.15, 0.2) is 22.5 Å². The van der Waals surface area contributed by atoms with Crippen LogP contribution in [0.25, 0.3) is 11.6 Å². The second-order valence-electron chi connectivity index (χ2n) is 6.78. The highest BCUT2D eigenvalue weighted by atomic mass is 32.2. The molecule has 0 radical (unpaired) electrons. The fourth-order valence-corrected chi connectivity index (χ4v) is 5.54. The first kappa shape index (κ1) is 21.8. The number of thioether (sulfide) groups is 1. The maximum absolute atomic E-state index is 12.7. The molecule has 0 spiro atoms. The number of ether oxygens (including phenoxy) is 1. The van der Waals surface area contributed by atoms with Gasteiger partial charge in [-0.3, -0.25) is 9.36 Å². The first-order valence-electron chi connectivity index (χ1n) is 9.81. The molecule has 1 fully saturated rings. The summed E-state index contributed by atoms with van der Waals surface area (Å²) >= 11 is 1.28. The van der Waals surface area contributed by atoms with Crippen LogP contribution < -0.4 is 0 Å². The normalized spacial score (nSPS) is 15.3. The highest BCUT2D eigenvalue weighted by molar-refractivity contribution is 7.99. The third-order valence-electron chi connectivity index (χ3n) is 4.89. The number of aromatic nitrogens is 3. The molecule has 2 aromatic heterocycles. The van der Waals surface area contributed by atoms with E-state index in [2.05, 4.69) is 10.2 Å². The van der Waals surface area contributed by atoms with Gasteiger partial charge in [0, 0.05) is 25.2 Å². The first-order chi connectivity index (χ1) is 15.0. The number of benzene rings is 1. The Morgan fingerprint density at radius 2 is 1.87 bits per heavy atom. The molecule has 3 aromatic rings. The van der Waals surface area contributed by atoms with Crippen molar-refractivity contribution in [2.75, 3.05) is 32.1 Å². The average molecular weight is 463 g/mol. The van der Waals surface area contributed by atoms with Crippen LogP contribution in [0.1, 0.15) is 17.3 Å². The number of ketones is 1. The molecule has 0 aliphatic carbocycles. The van der Waals surface area contributed by atoms with Crippen molar-refractivity contribution in [3.05, 3.63) is 48.2 Å². The molecule has 0 N–H and O–H groups in total. The van der Waals surface area contributed by atoms with Crippen LogP contribution in [0.5, 0.6) is 0 Å². The molecule has 0 saturated carbocycles. The molecule has 9 nitrogen and oxygen atoms in total. The average Bonchev–Trinajstić information content (AvgIpc) is 3.47. The maximum Gasteiger partial charge on any atom is 0.243 e. The highest BCUT2D eigenvalue weighted by Gasteiger charge is 2.26. The number of carbonyl (C=O) groups is 1. The van der Waals surface area contributed by atoms with Gasteiger partial charge in [0.25, 0.3) is 0 Å². The molecule has 0 amide bonds. The Morgan fingerprint density at radius 1 is 1.13 bits per heavy atom. The lowest BCUT2D eigenvalue weighted by Gasteiger charge is -2.26. The molecule has 0 atom stereocenters. The largest absolute Gasteiger partial charge is 0.461 e. The van der Waals surface area contributed by atoms with Crippen LogP contribution in [0, 0.1) is 0 Å². The smallest absolute Gasteiger partial charge is 0.243 e. The van der Waals surface area contributed by atoms with Gasteiger partial charge in [0.2, 0.25) is 10.0 Å². The molecular formula is C20H22N4O5S2. The van der Waals surface area contributed by atoms with Crippen LogP contribution in [0.3, 0.4) is 0 Å². The van der Waals surface area contributed by atoms with Gasteiger partial charge < -0.3 is 9.15 Å². The van der Waals surface area contributed by atoms with Crippen LogP contribution >= 0.6 is 11.8 Å². The third kappa shape index (κ3) is 4.59. The first-order valence-corrected chi connectivity index (χ1v) is 12.2. The number of sulfonamides is 1. The minimum absolute atomic E-state index is 0.120. The number of rotatable bonds is 8. The molecule has 31 heavy (non-hydrogen) atoms. The molecule has 0 bridgehead atoms. The van der Waals surface area contributed by atoms with E-state index in [9.17, 15) is 13.2 Å². The van der Waals surface area contributed by atoms with E-state index in [0.29, 0.717) is 55.2 Å². The molecule has 4 rings (SSSR count). The van der Waals surface area contributed by atoms with Crippen molar-refractivity contribution in [1.82, 2.24) is 19.1 Å². The zero-order chi connectivity index (χ0) is 21.8. The molecular weight excluding hydrogens is 440 g/mol. The summed E-state index contributed by atoms with van der Waals surface area (Å²) in [6, 6.07) is 9.65. The van der Waals surface area contributed by atoms with Crippen LogP contribution in [0.2, 0.25) is 0 Å². The number of hydrogen-bond donors (Lipinski definition) is 0. The molecule has 0 unspecified atom stereocenters. The fraction of sp³-hybridized carbons (Fsp3) is 0.350. The molecule has 1 aromatic carbocycles. The van der Waals surface area contributed by atoms with Gasteiger partial charge in [-0.25, -0.2) is 8.42 Å². The van der Waals surface area contributed by atoms with Crippen LogP contribution in [-0.4, -0.2) is 65.3 Å². The van der Waals surface area contributed by atoms with Crippen molar-refractivity contribution in [2.45, 2.75) is 23.5 Å². The lowest BCUT2D eigenvalue weighted by molar-refractivity contribution is 0.0730. The van der Waals surface area contributed by atoms with Crippen molar-refractivity contribution in [3.63, 3.8) is 0 Å². The summed E-state index contributed by atoms with van der Waals surface area (Å²) in [4.78, 5) is 12.8. The Kier molecular flexibility index (Phi) is 6.56. The third-order valence-corrected chi connectivity index (χ3v) is 7.77. The van der Waals surface area contributed by atoms with Crippen molar-refractivity contribution < 1.29 is 22.4 Å². The summed E-state index contributed by atoms with van der Waals surface area (Å²) in [7, 11) is -3.58. The van der Waals surface area contributed by atoms with Gasteiger partial charge >= 0.3 is 0 Å². The molecule has 3 heterocycles. The maximum atomic E-state index is 12.7. The van der Waals surface area contributed by atoms with Crippen molar-refractivity contribution in [2.24, 2.45) is 0 Å². The van der Waals surface area contributed by atoms with Crippen molar-refractivity contribution in [3.8, 4) is 11.6 Å². The van der Waals surface area contributed by atoms with Gasteiger partial charge in [-0.05, 0) is 31.2 Å². The van der Waals surface area contributed by atoms with E-state index < -0.39 is 10.0 Å². The summed E-state index contributed by atoms with van der Waals surface area (Å²) in [6.45, 7) is 4.03. The minimum Gasteiger partial charge on any atom is -0.461 e. The van der Waals surface area contributed by atoms with E-state index in [1.165, 1.54) is 28.2 Å². The second kappa shape index (κ2) is 9.35. The number of carbonyl (C=O) groups excluding carboxylic acids is 1. The summed E-state index contributed by atoms with van der Waals surface area (Å²) < 4.78 is 39.3. The van der Waals surface area contributed by atoms with E-state index in [1.807, 2.05) is 17.6 Å². The number of morpholine rings is 1. The van der Waals surface area contributed by atoms with E-state index >= 15 is 0 Å². The summed E-state index contributed by atoms with van der Waals surface area (Å²) in [5.74, 6) is 1.27. The predicted molar refractivity (Wildman–Crippen MR) is 114 cm³/mol. The van der Waals surface area contributed by atoms with Gasteiger partial charge in [0.05, 0.1) is 30.1 Å². The quantitative estimate of drug-likeness (QED) is 0.371. The summed E-state index contributed by atoms with van der Waals surface area (Å²) in [5, 5.41) is 8.96. The molecule has 164 valence electrons. The Bertz CT molecular complexity index is 1130. The van der Waals surface area contributed by atoms with E-state index in [1.54, 1.807) is 24.5 Å². The van der Waals surface area contributed by atoms with Crippen LogP contribution in [0.15, 0.2) is 57.1 Å². The number of furan rings is 1. The number of hydrogen-bond acceptors (Lipinski definition) is 8. The van der Waals surface area contributed by atoms with Gasteiger partial charge in [0.1, 0.15) is 0 Å². The topological polar surface area (TPSA) is 108 Å². The van der Waals surface area contributed by atoms with Gasteiger partial charge in [-0.1, -0.05) is 23.9 Å². The Hall–Kier alpha value is -2.47. The standard InChI is InChI=1S/C20H22N4O5S2/c1-2-24-19(18-4-3-11-29-18)21-22-20(24)30-14-17(25)15-5-7-16(8-6-15)31(26,27)23-9-12-28-13-10-23/h3-8,11H,2,9-10,12-14H2,1H3. The fourth-order valence-electron chi connectivity index (χ4n) is 3.23. The van der Waals surface area contributed by atoms with E-state index in [4.69, 9.17) is 9.15 Å². The lowest BCUT2D eigenvalue weighted by atomic mass is 10.1. The van der Waals surface area contributed by atoms with Crippen molar-refractivity contribution >= 4 is 27.6 Å². The Labute approximate surface area is 184 Å². The van der Waals surface area contributed by atoms with Gasteiger partial charge in [-0.2, -0.15) is 4.31 Å². The van der Waals surface area contributed by atoms with Gasteiger partial charge in [-0.15, -0.1) is 10.2 Å². The highest BCUT2D eigenvalue weighted by Crippen LogP contribution is 2.25. The molecule has 1 saturated heterocycles. The SMILES string of the molecule is CCn1c(SCC(=O)c2ccc(S(=O)(=O)N3CCOCC3)cc2)nnc1-c1ccco1. The molecule has 1 aliphatic rings. The second-order valence-corrected chi connectivity index (χ2v) is 9.66. The Balaban J connectivity index is 1.43. The molecule has 1 aliphatic heterocycles. The Morgan fingerprint density at radius 3 is 2.52 bits per heavy atom. The van der Waals surface area contributed by atoms with Crippen molar-refractivity contribution in [1.29, 1.82) is 0 Å². The number of Topliss-reactive ketones (excluding diaryl/α,β-unsaturated/α-hetero) is 1. The summed E-state index contributed by atoms with van der Waals surface area (Å²) in [6.07, 6.45) is 1.57. The number of nitrogens with zero attached hydrogens (tertiary/aromatic N) is 4. The minimum atomic E-state index is -3.58. The monoisotopic (exact) mass is 462 g/mol. The van der Waals surface area contributed by atoms with E-state index in [0.717, 1.165) is 0 Å². The van der Waals surface area contributed by atoms with Crippen LogP contribution in [-0.2, 0) is 21.3 Å². The van der Waals surface area contributed by atoms with Crippen LogP contribution in [0.4, 0.5) is 0 Å². The predicted octanol–water partition coefficient (Wildman–Crippen LogP) is 2.55. The van der Waals surface area contributed by atoms with E-state index in [-0.39, 0.29) is 16.4 Å². The zero-order valence-electron chi connectivity index (χ0n) is 16.9. The molecule has 11 heteroatoms. The zero-order valence-corrected chi connectivity index (χ0v) is 18.6.